The second-order valence-corrected chi connectivity index (χ2v) is 19.0. The van der Waals surface area contributed by atoms with Crippen LogP contribution in [0.5, 0.6) is 0 Å². The van der Waals surface area contributed by atoms with Gasteiger partial charge in [-0.3, -0.25) is 4.57 Å². The molecule has 0 radical (unpaired) electrons. The highest BCUT2D eigenvalue weighted by Gasteiger charge is 2.24. The molecule has 0 amide bonds. The van der Waals surface area contributed by atoms with Crippen LogP contribution in [0.4, 0.5) is 0 Å². The van der Waals surface area contributed by atoms with Gasteiger partial charge in [0.15, 0.2) is 17.2 Å². The van der Waals surface area contributed by atoms with E-state index >= 15 is 0 Å². The largest absolute Gasteiger partial charge is 0.435 e. The molecule has 7 nitrogen and oxygen atoms in total. The van der Waals surface area contributed by atoms with Crippen molar-refractivity contribution in [2.75, 3.05) is 0 Å². The van der Waals surface area contributed by atoms with Crippen LogP contribution >= 0.6 is 0 Å². The molecule has 7 heteroatoms. The van der Waals surface area contributed by atoms with Crippen molar-refractivity contribution in [3.05, 3.63) is 255 Å². The normalized spacial score (nSPS) is 11.7. The first kappa shape index (κ1) is 42.4. The zero-order valence-electron chi connectivity index (χ0n) is 40.3. The number of fused-ring (bicyclic) bond motifs is 9. The standard InChI is InChI=1S/C68H42N6O/c1-4-18-43(19-5-1)51-30-15-24-45-25-16-31-52(61(45)51)44-36-38-47(39-37-44)66-70-65(46-20-6-2-7-21-46)71-68(72-66)74-60-35-13-11-29-55(60)57-41-40-56-54-28-10-12-34-59(54)73(62(56)63(57)74)50-27-14-26-49(42-50)53-32-17-33-58-64(53)75-67(69-58)48-22-8-3-9-23-48/h1-42H. The van der Waals surface area contributed by atoms with E-state index in [1.807, 2.05) is 54.6 Å². The molecule has 0 saturated carbocycles. The molecule has 350 valence electrons. The van der Waals surface area contributed by atoms with Crippen LogP contribution < -0.4 is 0 Å². The second-order valence-electron chi connectivity index (χ2n) is 19.0. The number of hydrogen-bond acceptors (Lipinski definition) is 5. The highest BCUT2D eigenvalue weighted by atomic mass is 16.3. The quantitative estimate of drug-likeness (QED) is 0.152. The van der Waals surface area contributed by atoms with Gasteiger partial charge in [0.25, 0.3) is 0 Å². The molecule has 0 aliphatic carbocycles. The molecule has 0 aliphatic rings. The Morgan fingerprint density at radius 3 is 1.48 bits per heavy atom. The number of para-hydroxylation sites is 3. The van der Waals surface area contributed by atoms with E-state index in [0.717, 1.165) is 93.8 Å². The van der Waals surface area contributed by atoms with Crippen molar-refractivity contribution in [1.82, 2.24) is 29.1 Å². The van der Waals surface area contributed by atoms with E-state index in [9.17, 15) is 0 Å². The average molecular weight is 959 g/mol. The van der Waals surface area contributed by atoms with Crippen LogP contribution in [0, 0.1) is 0 Å². The summed E-state index contributed by atoms with van der Waals surface area (Å²) in [4.78, 5) is 21.0. The molecule has 0 spiro atoms. The van der Waals surface area contributed by atoms with Crippen LogP contribution in [0.15, 0.2) is 259 Å². The van der Waals surface area contributed by atoms with E-state index < -0.39 is 0 Å². The molecule has 0 saturated heterocycles. The molecular weight excluding hydrogens is 917 g/mol. The summed E-state index contributed by atoms with van der Waals surface area (Å²) >= 11 is 0. The first-order valence-corrected chi connectivity index (χ1v) is 25.2. The molecule has 75 heavy (non-hydrogen) atoms. The van der Waals surface area contributed by atoms with Crippen LogP contribution in [0.25, 0.3) is 145 Å². The van der Waals surface area contributed by atoms with Gasteiger partial charge in [0.05, 0.1) is 22.1 Å². The monoisotopic (exact) mass is 958 g/mol. The van der Waals surface area contributed by atoms with Crippen molar-refractivity contribution < 1.29 is 4.42 Å². The van der Waals surface area contributed by atoms with Gasteiger partial charge in [-0.15, -0.1) is 0 Å². The van der Waals surface area contributed by atoms with Gasteiger partial charge < -0.3 is 8.98 Å². The third kappa shape index (κ3) is 6.97. The van der Waals surface area contributed by atoms with Crippen molar-refractivity contribution in [3.63, 3.8) is 0 Å². The molecule has 0 fully saturated rings. The molecule has 0 unspecified atom stereocenters. The number of aromatic nitrogens is 6. The molecule has 11 aromatic carbocycles. The highest BCUT2D eigenvalue weighted by molar-refractivity contribution is 6.23. The summed E-state index contributed by atoms with van der Waals surface area (Å²) in [5, 5.41) is 6.87. The Morgan fingerprint density at radius 2 is 0.813 bits per heavy atom. The van der Waals surface area contributed by atoms with E-state index in [1.54, 1.807) is 0 Å². The molecule has 4 aromatic heterocycles. The lowest BCUT2D eigenvalue weighted by Crippen LogP contribution is -2.07. The lowest BCUT2D eigenvalue weighted by atomic mass is 9.91. The van der Waals surface area contributed by atoms with Crippen LogP contribution in [-0.2, 0) is 0 Å². The van der Waals surface area contributed by atoms with Gasteiger partial charge in [-0.2, -0.15) is 9.97 Å². The Labute approximate surface area is 430 Å². The van der Waals surface area contributed by atoms with Gasteiger partial charge in [-0.25, -0.2) is 9.97 Å². The molecule has 15 aromatic rings. The SMILES string of the molecule is c1ccc(-c2nc(-c3ccc(-c4cccc5cccc(-c6ccccc6)c45)cc3)nc(-n3c4ccccc4c4ccc5c6ccccc6n(-c6cccc(-c7cccc8nc(-c9ccccc9)oc78)c6)c5c43)n2)cc1. The molecular formula is C68H42N6O. The van der Waals surface area contributed by atoms with E-state index in [-0.39, 0.29) is 0 Å². The Kier molecular flexibility index (Phi) is 9.75. The lowest BCUT2D eigenvalue weighted by molar-refractivity contribution is 0.621. The smallest absolute Gasteiger partial charge is 0.238 e. The van der Waals surface area contributed by atoms with E-state index in [4.69, 9.17) is 24.4 Å². The number of benzene rings is 11. The Balaban J connectivity index is 0.939. The lowest BCUT2D eigenvalue weighted by Gasteiger charge is -2.14. The Morgan fingerprint density at radius 1 is 0.320 bits per heavy atom. The maximum Gasteiger partial charge on any atom is 0.238 e. The maximum absolute atomic E-state index is 6.57. The van der Waals surface area contributed by atoms with Crippen molar-refractivity contribution in [1.29, 1.82) is 0 Å². The topological polar surface area (TPSA) is 74.6 Å². The summed E-state index contributed by atoms with van der Waals surface area (Å²) in [5.41, 5.74) is 16.1. The third-order valence-electron chi connectivity index (χ3n) is 14.6. The summed E-state index contributed by atoms with van der Waals surface area (Å²) in [6, 6.07) is 89.4. The fourth-order valence-electron chi connectivity index (χ4n) is 11.2. The van der Waals surface area contributed by atoms with Gasteiger partial charge in [-0.05, 0) is 81.1 Å². The zero-order valence-corrected chi connectivity index (χ0v) is 40.3. The third-order valence-corrected chi connectivity index (χ3v) is 14.6. The molecule has 15 rings (SSSR count). The van der Waals surface area contributed by atoms with Crippen LogP contribution in [-0.4, -0.2) is 29.1 Å². The minimum atomic E-state index is 0.528. The maximum atomic E-state index is 6.57. The van der Waals surface area contributed by atoms with Gasteiger partial charge in [-0.1, -0.05) is 212 Å². The fraction of sp³-hybridized carbons (Fsp3) is 0. The predicted octanol–water partition coefficient (Wildman–Crippen LogP) is 17.4. The van der Waals surface area contributed by atoms with E-state index in [0.29, 0.717) is 23.5 Å². The number of oxazole rings is 1. The minimum Gasteiger partial charge on any atom is -0.435 e. The molecule has 0 atom stereocenters. The average Bonchev–Trinajstić information content (AvgIpc) is 4.24. The Hall–Kier alpha value is -10.2. The van der Waals surface area contributed by atoms with Crippen LogP contribution in [0.1, 0.15) is 0 Å². The summed E-state index contributed by atoms with van der Waals surface area (Å²) in [6.45, 7) is 0. The van der Waals surface area contributed by atoms with Crippen molar-refractivity contribution in [3.8, 4) is 79.2 Å². The molecule has 4 heterocycles. The van der Waals surface area contributed by atoms with E-state index in [2.05, 4.69) is 209 Å². The van der Waals surface area contributed by atoms with Gasteiger partial charge >= 0.3 is 0 Å². The summed E-state index contributed by atoms with van der Waals surface area (Å²) < 4.78 is 11.2. The highest BCUT2D eigenvalue weighted by Crippen LogP contribution is 2.43. The number of nitrogens with zero attached hydrogens (tertiary/aromatic N) is 6. The van der Waals surface area contributed by atoms with Crippen molar-refractivity contribution in [2.45, 2.75) is 0 Å². The number of hydrogen-bond donors (Lipinski definition) is 0. The summed E-state index contributed by atoms with van der Waals surface area (Å²) in [7, 11) is 0. The molecule has 0 N–H and O–H groups in total. The van der Waals surface area contributed by atoms with Gasteiger partial charge in [0.2, 0.25) is 11.8 Å². The van der Waals surface area contributed by atoms with Crippen LogP contribution in [0.3, 0.4) is 0 Å². The van der Waals surface area contributed by atoms with Crippen molar-refractivity contribution >= 4 is 65.5 Å². The van der Waals surface area contributed by atoms with Gasteiger partial charge in [0, 0.05) is 49.5 Å². The first-order valence-electron chi connectivity index (χ1n) is 25.2. The minimum absolute atomic E-state index is 0.528. The van der Waals surface area contributed by atoms with Gasteiger partial charge in [0.1, 0.15) is 5.52 Å². The molecule has 0 bridgehead atoms. The molecule has 0 aliphatic heterocycles. The fourth-order valence-corrected chi connectivity index (χ4v) is 11.2. The summed E-state index contributed by atoms with van der Waals surface area (Å²) in [6.07, 6.45) is 0. The summed E-state index contributed by atoms with van der Waals surface area (Å²) in [5.74, 6) is 2.29. The zero-order chi connectivity index (χ0) is 49.4. The number of rotatable bonds is 8. The van der Waals surface area contributed by atoms with Crippen LogP contribution in [0.2, 0.25) is 0 Å². The van der Waals surface area contributed by atoms with E-state index in [1.165, 1.54) is 27.5 Å². The second kappa shape index (κ2) is 17.2. The predicted molar refractivity (Wildman–Crippen MR) is 306 cm³/mol. The van der Waals surface area contributed by atoms with Crippen molar-refractivity contribution in [2.24, 2.45) is 0 Å². The Bertz CT molecular complexity index is 4690. The first-order chi connectivity index (χ1) is 37.2.